The number of amides is 1. The highest BCUT2D eigenvalue weighted by Gasteiger charge is 2.27. The van der Waals surface area contributed by atoms with Crippen LogP contribution in [0.25, 0.3) is 0 Å². The first kappa shape index (κ1) is 16.7. The molecule has 102 valence electrons. The maximum absolute atomic E-state index is 12.0. The Hall–Kier alpha value is -0.320. The van der Waals surface area contributed by atoms with Gasteiger partial charge in [-0.15, -0.1) is 12.4 Å². The van der Waals surface area contributed by atoms with E-state index in [0.717, 1.165) is 12.8 Å². The molecular formula is C12H25ClN2O2. The quantitative estimate of drug-likeness (QED) is 0.836. The largest absolute Gasteiger partial charge is 0.383 e. The molecule has 1 rings (SSSR count). The first-order valence-electron chi connectivity index (χ1n) is 6.07. The summed E-state index contributed by atoms with van der Waals surface area (Å²) < 4.78 is 4.91. The molecule has 17 heavy (non-hydrogen) atoms. The molecule has 1 fully saturated rings. The molecule has 0 bridgehead atoms. The van der Waals surface area contributed by atoms with Gasteiger partial charge in [0.15, 0.2) is 0 Å². The highest BCUT2D eigenvalue weighted by molar-refractivity contribution is 5.85. The number of methoxy groups -OCH3 is 1. The first-order valence-corrected chi connectivity index (χ1v) is 6.07. The van der Waals surface area contributed by atoms with Crippen LogP contribution in [-0.4, -0.2) is 43.7 Å². The van der Waals surface area contributed by atoms with Gasteiger partial charge < -0.3 is 15.4 Å². The number of halogens is 1. The van der Waals surface area contributed by atoms with Crippen LogP contribution in [0.15, 0.2) is 0 Å². The van der Waals surface area contributed by atoms with Crippen LogP contribution < -0.4 is 5.73 Å². The van der Waals surface area contributed by atoms with Crippen LogP contribution in [0.1, 0.15) is 32.6 Å². The van der Waals surface area contributed by atoms with E-state index in [4.69, 9.17) is 10.5 Å². The molecule has 1 saturated carbocycles. The second kappa shape index (κ2) is 7.90. The molecule has 0 radical (unpaired) electrons. The van der Waals surface area contributed by atoms with Crippen molar-refractivity contribution >= 4 is 18.3 Å². The molecule has 3 atom stereocenters. The lowest BCUT2D eigenvalue weighted by molar-refractivity contribution is -0.135. The molecule has 5 heteroatoms. The number of hydrogen-bond donors (Lipinski definition) is 1. The highest BCUT2D eigenvalue weighted by Crippen LogP contribution is 2.26. The third kappa shape index (κ3) is 4.82. The molecule has 0 heterocycles. The van der Waals surface area contributed by atoms with E-state index >= 15 is 0 Å². The number of hydrogen-bond acceptors (Lipinski definition) is 3. The number of ether oxygens (including phenoxy) is 1. The summed E-state index contributed by atoms with van der Waals surface area (Å²) in [4.78, 5) is 13.8. The van der Waals surface area contributed by atoms with Gasteiger partial charge in [-0.25, -0.2) is 0 Å². The van der Waals surface area contributed by atoms with E-state index in [2.05, 4.69) is 6.92 Å². The third-order valence-electron chi connectivity index (χ3n) is 3.47. The van der Waals surface area contributed by atoms with Crippen molar-refractivity contribution in [3.8, 4) is 0 Å². The molecule has 1 aliphatic carbocycles. The van der Waals surface area contributed by atoms with Crippen molar-refractivity contribution in [1.29, 1.82) is 0 Å². The van der Waals surface area contributed by atoms with E-state index in [-0.39, 0.29) is 18.3 Å². The Balaban J connectivity index is 0.00000256. The minimum absolute atomic E-state index is 0. The van der Waals surface area contributed by atoms with Gasteiger partial charge >= 0.3 is 0 Å². The topological polar surface area (TPSA) is 55.6 Å². The third-order valence-corrected chi connectivity index (χ3v) is 3.47. The van der Waals surface area contributed by atoms with Crippen molar-refractivity contribution in [1.82, 2.24) is 4.90 Å². The standard InChI is InChI=1S/C12H24N2O2.ClH/c1-9-5-4-6-10(7-9)14(2)12(15)11(13)8-16-3;/h9-11H,4-8,13H2,1-3H3;1H. The zero-order valence-electron chi connectivity index (χ0n) is 11.0. The van der Waals surface area contributed by atoms with Gasteiger partial charge in [0.1, 0.15) is 6.04 Å². The van der Waals surface area contributed by atoms with Gasteiger partial charge in [-0.05, 0) is 18.8 Å². The van der Waals surface area contributed by atoms with Crippen LogP contribution >= 0.6 is 12.4 Å². The number of rotatable bonds is 4. The summed E-state index contributed by atoms with van der Waals surface area (Å²) in [6, 6.07) is -0.161. The van der Waals surface area contributed by atoms with Crippen LogP contribution in [0, 0.1) is 5.92 Å². The summed E-state index contributed by atoms with van der Waals surface area (Å²) in [6.07, 6.45) is 4.69. The summed E-state index contributed by atoms with van der Waals surface area (Å²) in [5.74, 6) is 0.716. The number of carbonyl (C=O) groups is 1. The fourth-order valence-electron chi connectivity index (χ4n) is 2.45. The lowest BCUT2D eigenvalue weighted by atomic mass is 9.86. The summed E-state index contributed by atoms with van der Waals surface area (Å²) in [7, 11) is 3.43. The predicted octanol–water partition coefficient (Wildman–Crippen LogP) is 1.42. The Labute approximate surface area is 110 Å². The van der Waals surface area contributed by atoms with Gasteiger partial charge in [0.25, 0.3) is 0 Å². The first-order chi connectivity index (χ1) is 7.56. The molecule has 0 aromatic heterocycles. The Bertz CT molecular complexity index is 239. The number of nitrogens with two attached hydrogens (primary N) is 1. The van der Waals surface area contributed by atoms with Crippen LogP contribution in [0.3, 0.4) is 0 Å². The van der Waals surface area contributed by atoms with Gasteiger partial charge in [0.2, 0.25) is 5.91 Å². The maximum atomic E-state index is 12.0. The predicted molar refractivity (Wildman–Crippen MR) is 71.3 cm³/mol. The summed E-state index contributed by atoms with van der Waals surface area (Å²) in [5.41, 5.74) is 5.75. The van der Waals surface area contributed by atoms with Crippen LogP contribution in [-0.2, 0) is 9.53 Å². The van der Waals surface area contributed by atoms with Crippen molar-refractivity contribution in [3.63, 3.8) is 0 Å². The lowest BCUT2D eigenvalue weighted by Crippen LogP contribution is -2.49. The molecule has 3 unspecified atom stereocenters. The normalized spacial score (nSPS) is 25.9. The van der Waals surface area contributed by atoms with Crippen molar-refractivity contribution in [3.05, 3.63) is 0 Å². The monoisotopic (exact) mass is 264 g/mol. The molecule has 1 amide bonds. The molecule has 4 nitrogen and oxygen atoms in total. The second-order valence-electron chi connectivity index (χ2n) is 4.94. The van der Waals surface area contributed by atoms with E-state index in [1.165, 1.54) is 12.8 Å². The van der Waals surface area contributed by atoms with Crippen molar-refractivity contribution < 1.29 is 9.53 Å². The molecule has 0 saturated heterocycles. The Kier molecular flexibility index (Phi) is 7.75. The summed E-state index contributed by atoms with van der Waals surface area (Å²) in [5, 5.41) is 0. The van der Waals surface area contributed by atoms with Gasteiger partial charge in [0, 0.05) is 20.2 Å². The minimum Gasteiger partial charge on any atom is -0.383 e. The van der Waals surface area contributed by atoms with Crippen LogP contribution in [0.2, 0.25) is 0 Å². The highest BCUT2D eigenvalue weighted by atomic mass is 35.5. The Morgan fingerprint density at radius 1 is 1.53 bits per heavy atom. The van der Waals surface area contributed by atoms with Crippen molar-refractivity contribution in [2.45, 2.75) is 44.7 Å². The van der Waals surface area contributed by atoms with Gasteiger partial charge in [-0.1, -0.05) is 19.8 Å². The molecule has 2 N–H and O–H groups in total. The van der Waals surface area contributed by atoms with Crippen LogP contribution in [0.4, 0.5) is 0 Å². The van der Waals surface area contributed by atoms with E-state index in [9.17, 15) is 4.79 Å². The number of likely N-dealkylation sites (N-methyl/N-ethyl adjacent to an activating group) is 1. The summed E-state index contributed by atoms with van der Waals surface area (Å²) >= 11 is 0. The average Bonchev–Trinajstić information content (AvgIpc) is 2.27. The molecule has 0 aromatic carbocycles. The lowest BCUT2D eigenvalue weighted by Gasteiger charge is -2.35. The smallest absolute Gasteiger partial charge is 0.241 e. The van der Waals surface area contributed by atoms with Crippen LogP contribution in [0.5, 0.6) is 0 Å². The van der Waals surface area contributed by atoms with E-state index in [1.807, 2.05) is 11.9 Å². The molecular weight excluding hydrogens is 240 g/mol. The molecule has 1 aliphatic rings. The Morgan fingerprint density at radius 2 is 2.18 bits per heavy atom. The SMILES string of the molecule is COCC(N)C(=O)N(C)C1CCCC(C)C1.Cl. The number of carbonyl (C=O) groups excluding carboxylic acids is 1. The second-order valence-corrected chi connectivity index (χ2v) is 4.94. The number of nitrogens with zero attached hydrogens (tertiary/aromatic N) is 1. The van der Waals surface area contributed by atoms with Gasteiger partial charge in [-0.3, -0.25) is 4.79 Å². The van der Waals surface area contributed by atoms with Gasteiger partial charge in [-0.2, -0.15) is 0 Å². The van der Waals surface area contributed by atoms with Crippen molar-refractivity contribution in [2.75, 3.05) is 20.8 Å². The van der Waals surface area contributed by atoms with E-state index in [1.54, 1.807) is 7.11 Å². The fourth-order valence-corrected chi connectivity index (χ4v) is 2.45. The van der Waals surface area contributed by atoms with E-state index < -0.39 is 6.04 Å². The van der Waals surface area contributed by atoms with Crippen molar-refractivity contribution in [2.24, 2.45) is 11.7 Å². The minimum atomic E-state index is -0.521. The maximum Gasteiger partial charge on any atom is 0.241 e. The zero-order valence-corrected chi connectivity index (χ0v) is 11.8. The Morgan fingerprint density at radius 3 is 2.71 bits per heavy atom. The molecule has 0 aromatic rings. The van der Waals surface area contributed by atoms with Gasteiger partial charge in [0.05, 0.1) is 6.61 Å². The fraction of sp³-hybridized carbons (Fsp3) is 0.917. The van der Waals surface area contributed by atoms with E-state index in [0.29, 0.717) is 18.6 Å². The zero-order chi connectivity index (χ0) is 12.1. The summed E-state index contributed by atoms with van der Waals surface area (Å²) in [6.45, 7) is 2.55. The molecule has 0 spiro atoms. The molecule has 0 aliphatic heterocycles. The average molecular weight is 265 g/mol.